The summed E-state index contributed by atoms with van der Waals surface area (Å²) >= 11 is 1.62. The Morgan fingerprint density at radius 3 is 2.94 bits per heavy atom. The van der Waals surface area contributed by atoms with Gasteiger partial charge in [-0.05, 0) is 18.6 Å². The van der Waals surface area contributed by atoms with Gasteiger partial charge in [-0.1, -0.05) is 19.1 Å². The molecule has 0 saturated carbocycles. The van der Waals surface area contributed by atoms with E-state index in [0.29, 0.717) is 4.90 Å². The molecule has 0 bridgehead atoms. The summed E-state index contributed by atoms with van der Waals surface area (Å²) in [6, 6.07) is 7.11. The minimum absolute atomic E-state index is 0.0838. The number of rotatable bonds is 1. The summed E-state index contributed by atoms with van der Waals surface area (Å²) in [7, 11) is -3.20. The van der Waals surface area contributed by atoms with Crippen molar-refractivity contribution >= 4 is 27.4 Å². The van der Waals surface area contributed by atoms with Gasteiger partial charge >= 0.3 is 0 Å². The number of ether oxygens (including phenoxy) is 1. The third-order valence-corrected chi connectivity index (χ3v) is 6.32. The molecule has 0 amide bonds. The van der Waals surface area contributed by atoms with Crippen LogP contribution in [-0.4, -0.2) is 26.0 Å². The minimum atomic E-state index is -3.20. The lowest BCUT2D eigenvalue weighted by Crippen LogP contribution is -2.26. The molecule has 1 aromatic carbocycles. The predicted molar refractivity (Wildman–Crippen MR) is 73.0 cm³/mol. The summed E-state index contributed by atoms with van der Waals surface area (Å²) in [5, 5.41) is 0. The Balaban J connectivity index is 2.16. The Labute approximate surface area is 111 Å². The van der Waals surface area contributed by atoms with E-state index in [-0.39, 0.29) is 11.9 Å². The summed E-state index contributed by atoms with van der Waals surface area (Å²) in [5.74, 6) is 1.71. The number of sulfone groups is 1. The van der Waals surface area contributed by atoms with Crippen LogP contribution in [0.3, 0.4) is 0 Å². The van der Waals surface area contributed by atoms with E-state index in [0.717, 1.165) is 28.4 Å². The highest BCUT2D eigenvalue weighted by molar-refractivity contribution is 8.04. The molecule has 2 heterocycles. The van der Waals surface area contributed by atoms with Crippen LogP contribution < -0.4 is 0 Å². The van der Waals surface area contributed by atoms with E-state index in [4.69, 9.17) is 4.74 Å². The van der Waals surface area contributed by atoms with Crippen LogP contribution in [0.5, 0.6) is 0 Å². The molecule has 18 heavy (non-hydrogen) atoms. The first-order valence-corrected chi connectivity index (χ1v) is 8.60. The third kappa shape index (κ3) is 1.86. The number of benzene rings is 1. The topological polar surface area (TPSA) is 43.4 Å². The average molecular weight is 282 g/mol. The molecule has 96 valence electrons. The summed E-state index contributed by atoms with van der Waals surface area (Å²) in [6.07, 6.45) is 1.13. The van der Waals surface area contributed by atoms with Gasteiger partial charge in [0.05, 0.1) is 10.6 Å². The summed E-state index contributed by atoms with van der Waals surface area (Å²) < 4.78 is 30.3. The molecule has 1 unspecified atom stereocenters. The maximum absolute atomic E-state index is 12.2. The minimum Gasteiger partial charge on any atom is -0.488 e. The molecule has 0 radical (unpaired) electrons. The fraction of sp³-hybridized carbons (Fsp3) is 0.385. The molecule has 0 spiro atoms. The zero-order valence-corrected chi connectivity index (χ0v) is 11.7. The molecule has 0 aromatic heterocycles. The van der Waals surface area contributed by atoms with Crippen molar-refractivity contribution < 1.29 is 13.2 Å². The molecule has 3 nitrogen and oxygen atoms in total. The highest BCUT2D eigenvalue weighted by atomic mass is 32.2. The average Bonchev–Trinajstić information content (AvgIpc) is 2.38. The molecular formula is C13H14O3S2. The number of thioether (sulfide) groups is 1. The second kappa shape index (κ2) is 4.31. The Kier molecular flexibility index (Phi) is 2.90. The summed E-state index contributed by atoms with van der Waals surface area (Å²) in [5.41, 5.74) is 0.726. The molecule has 3 rings (SSSR count). The first-order valence-electron chi connectivity index (χ1n) is 5.96. The standard InChI is InChI=1S/C13H14O3S2/c1-2-9-7-17-11-8-18(14,15)12-6-4-3-5-10(12)13(11)16-9/h3-6,9H,2,7-8H2,1H3. The highest BCUT2D eigenvalue weighted by Crippen LogP contribution is 2.42. The van der Waals surface area contributed by atoms with E-state index in [2.05, 4.69) is 6.92 Å². The van der Waals surface area contributed by atoms with Crippen LogP contribution in [0.2, 0.25) is 0 Å². The maximum Gasteiger partial charge on any atom is 0.183 e. The van der Waals surface area contributed by atoms with Gasteiger partial charge in [0.15, 0.2) is 9.84 Å². The van der Waals surface area contributed by atoms with Crippen LogP contribution in [0.4, 0.5) is 0 Å². The Hall–Kier alpha value is -0.940. The van der Waals surface area contributed by atoms with Gasteiger partial charge in [0.1, 0.15) is 11.9 Å². The number of hydrogen-bond donors (Lipinski definition) is 0. The molecule has 1 aromatic rings. The maximum atomic E-state index is 12.2. The molecule has 2 aliphatic rings. The van der Waals surface area contributed by atoms with Crippen LogP contribution in [0.1, 0.15) is 18.9 Å². The van der Waals surface area contributed by atoms with Crippen molar-refractivity contribution in [1.29, 1.82) is 0 Å². The van der Waals surface area contributed by atoms with Gasteiger partial charge in [-0.3, -0.25) is 0 Å². The summed E-state index contributed by atoms with van der Waals surface area (Å²) in [4.78, 5) is 1.26. The molecule has 5 heteroatoms. The Morgan fingerprint density at radius 1 is 1.39 bits per heavy atom. The van der Waals surface area contributed by atoms with Crippen molar-refractivity contribution in [3.63, 3.8) is 0 Å². The van der Waals surface area contributed by atoms with Gasteiger partial charge in [0.2, 0.25) is 0 Å². The first kappa shape index (κ1) is 12.1. The van der Waals surface area contributed by atoms with Gasteiger partial charge in [0, 0.05) is 16.2 Å². The van der Waals surface area contributed by atoms with Crippen LogP contribution >= 0.6 is 11.8 Å². The van der Waals surface area contributed by atoms with Gasteiger partial charge in [-0.25, -0.2) is 8.42 Å². The first-order chi connectivity index (χ1) is 8.62. The van der Waals surface area contributed by atoms with Crippen LogP contribution in [-0.2, 0) is 14.6 Å². The summed E-state index contributed by atoms with van der Waals surface area (Å²) in [6.45, 7) is 2.09. The zero-order valence-electron chi connectivity index (χ0n) is 10.0. The second-order valence-electron chi connectivity index (χ2n) is 4.47. The second-order valence-corrected chi connectivity index (χ2v) is 7.54. The van der Waals surface area contributed by atoms with Crippen LogP contribution in [0.25, 0.3) is 5.76 Å². The van der Waals surface area contributed by atoms with E-state index >= 15 is 0 Å². The van der Waals surface area contributed by atoms with Gasteiger partial charge < -0.3 is 4.74 Å². The monoisotopic (exact) mass is 282 g/mol. The van der Waals surface area contributed by atoms with Crippen molar-refractivity contribution in [1.82, 2.24) is 0 Å². The van der Waals surface area contributed by atoms with Crippen molar-refractivity contribution in [2.24, 2.45) is 0 Å². The Bertz CT molecular complexity index is 617. The molecular weight excluding hydrogens is 268 g/mol. The molecule has 0 saturated heterocycles. The number of hydrogen-bond acceptors (Lipinski definition) is 4. The van der Waals surface area contributed by atoms with Crippen LogP contribution in [0.15, 0.2) is 34.1 Å². The fourth-order valence-corrected chi connectivity index (χ4v) is 5.42. The molecule has 0 N–H and O–H groups in total. The van der Waals surface area contributed by atoms with Crippen molar-refractivity contribution in [2.75, 3.05) is 11.5 Å². The van der Waals surface area contributed by atoms with E-state index in [1.54, 1.807) is 23.9 Å². The lowest BCUT2D eigenvalue weighted by molar-refractivity contribution is 0.181. The normalized spacial score (nSPS) is 25.1. The molecule has 0 fully saturated rings. The van der Waals surface area contributed by atoms with E-state index in [1.165, 1.54) is 0 Å². The van der Waals surface area contributed by atoms with E-state index < -0.39 is 9.84 Å². The lowest BCUT2D eigenvalue weighted by atomic mass is 10.1. The highest BCUT2D eigenvalue weighted by Gasteiger charge is 2.34. The molecule has 1 atom stereocenters. The van der Waals surface area contributed by atoms with E-state index in [9.17, 15) is 8.42 Å². The van der Waals surface area contributed by atoms with Crippen LogP contribution in [0, 0.1) is 0 Å². The molecule has 2 aliphatic heterocycles. The smallest absolute Gasteiger partial charge is 0.183 e. The van der Waals surface area contributed by atoms with E-state index in [1.807, 2.05) is 12.1 Å². The van der Waals surface area contributed by atoms with Crippen molar-refractivity contribution in [2.45, 2.75) is 24.3 Å². The van der Waals surface area contributed by atoms with Gasteiger partial charge in [-0.2, -0.15) is 0 Å². The quantitative estimate of drug-likeness (QED) is 0.794. The predicted octanol–water partition coefficient (Wildman–Crippen LogP) is 2.68. The fourth-order valence-electron chi connectivity index (χ4n) is 2.22. The van der Waals surface area contributed by atoms with Crippen molar-refractivity contribution in [3.8, 4) is 0 Å². The van der Waals surface area contributed by atoms with Crippen molar-refractivity contribution in [3.05, 3.63) is 34.7 Å². The zero-order chi connectivity index (χ0) is 12.8. The third-order valence-electron chi connectivity index (χ3n) is 3.22. The van der Waals surface area contributed by atoms with Gasteiger partial charge in [-0.15, -0.1) is 11.8 Å². The SMILES string of the molecule is CCC1CSC2=C(O1)c1ccccc1S(=O)(=O)C2. The van der Waals surface area contributed by atoms with Gasteiger partial charge in [0.25, 0.3) is 0 Å². The molecule has 0 aliphatic carbocycles. The Morgan fingerprint density at radius 2 is 2.17 bits per heavy atom. The number of fused-ring (bicyclic) bond motifs is 2. The largest absolute Gasteiger partial charge is 0.488 e. The lowest BCUT2D eigenvalue weighted by Gasteiger charge is -2.31.